The molecule has 0 amide bonds. The molecule has 2 atom stereocenters. The third-order valence-corrected chi connectivity index (χ3v) is 10.0. The normalized spacial score (nSPS) is 22.3. The molecule has 3 heterocycles. The predicted molar refractivity (Wildman–Crippen MR) is 167 cm³/mol. The van der Waals surface area contributed by atoms with E-state index in [2.05, 4.69) is 38.8 Å². The Balaban J connectivity index is 0.00000102. The third-order valence-electron chi connectivity index (χ3n) is 9.11. The molecule has 1 saturated carbocycles. The van der Waals surface area contributed by atoms with Crippen LogP contribution in [0.4, 0.5) is 14.7 Å². The molecular weight excluding hydrogens is 570 g/mol. The van der Waals surface area contributed by atoms with Crippen molar-refractivity contribution < 1.29 is 17.2 Å². The van der Waals surface area contributed by atoms with Crippen molar-refractivity contribution in [2.24, 2.45) is 5.41 Å². The minimum Gasteiger partial charge on any atom is -0.338 e. The van der Waals surface area contributed by atoms with Crippen molar-refractivity contribution in [3.63, 3.8) is 0 Å². The monoisotopic (exact) mass is 614 g/mol. The first-order valence-electron chi connectivity index (χ1n) is 15.3. The zero-order valence-corrected chi connectivity index (χ0v) is 27.2. The summed E-state index contributed by atoms with van der Waals surface area (Å²) in [5.41, 5.74) is 2.05. The minimum atomic E-state index is -3.00. The molecule has 1 aromatic carbocycles. The van der Waals surface area contributed by atoms with Crippen molar-refractivity contribution in [3.05, 3.63) is 65.1 Å². The fourth-order valence-electron chi connectivity index (χ4n) is 6.96. The Morgan fingerprint density at radius 1 is 0.977 bits per heavy atom. The highest BCUT2D eigenvalue weighted by atomic mass is 32.2. The Kier molecular flexibility index (Phi) is 9.85. The molecule has 234 valence electrons. The topological polar surface area (TPSA) is 92.2 Å². The van der Waals surface area contributed by atoms with Crippen LogP contribution in [-0.4, -0.2) is 78.2 Å². The van der Waals surface area contributed by atoms with Gasteiger partial charge in [-0.05, 0) is 54.0 Å². The fourth-order valence-corrected chi connectivity index (χ4v) is 7.55. The molecule has 3 aliphatic rings. The minimum absolute atomic E-state index is 0.151. The Hall–Kier alpha value is -3.05. The highest BCUT2D eigenvalue weighted by molar-refractivity contribution is 7.90. The molecule has 6 rings (SSSR count). The number of sulfone groups is 1. The molecule has 0 spiro atoms. The maximum atomic E-state index is 14.5. The van der Waals surface area contributed by atoms with E-state index in [1.54, 1.807) is 6.20 Å². The smallest absolute Gasteiger partial charge is 0.225 e. The van der Waals surface area contributed by atoms with Crippen LogP contribution >= 0.6 is 0 Å². The average molecular weight is 615 g/mol. The maximum Gasteiger partial charge on any atom is 0.225 e. The molecule has 0 radical (unpaired) electrons. The van der Waals surface area contributed by atoms with E-state index in [0.29, 0.717) is 25.6 Å². The number of halogens is 2. The number of benzene rings is 1. The van der Waals surface area contributed by atoms with E-state index in [9.17, 15) is 17.2 Å². The first-order valence-corrected chi connectivity index (χ1v) is 17.4. The molecule has 1 aliphatic heterocycles. The van der Waals surface area contributed by atoms with Gasteiger partial charge in [0.1, 0.15) is 21.5 Å². The number of nitrogens with zero attached hydrogens (tertiary/aromatic N) is 6. The third kappa shape index (κ3) is 5.90. The number of fused-ring (bicyclic) bond motifs is 5. The van der Waals surface area contributed by atoms with E-state index in [4.69, 9.17) is 4.98 Å². The SMILES string of the molecule is CC.CC.CC1(C)[C@H]2CC[C@]1(c1ccnc(N3CCN(CCS(C)(=O)=O)CC3)n1)c1nnc(-c3c(F)cccc3F)cc12. The number of hydrogen-bond acceptors (Lipinski definition) is 8. The Labute approximate surface area is 254 Å². The summed E-state index contributed by atoms with van der Waals surface area (Å²) in [5, 5.41) is 8.94. The van der Waals surface area contributed by atoms with E-state index >= 15 is 0 Å². The first-order chi connectivity index (χ1) is 20.5. The van der Waals surface area contributed by atoms with Gasteiger partial charge in [0.15, 0.2) is 0 Å². The zero-order chi connectivity index (χ0) is 31.6. The molecule has 1 saturated heterocycles. The summed E-state index contributed by atoms with van der Waals surface area (Å²) in [4.78, 5) is 14.0. The Morgan fingerprint density at radius 3 is 2.26 bits per heavy atom. The van der Waals surface area contributed by atoms with Crippen LogP contribution in [0.5, 0.6) is 0 Å². The van der Waals surface area contributed by atoms with Gasteiger partial charge < -0.3 is 4.90 Å². The van der Waals surface area contributed by atoms with E-state index in [0.717, 1.165) is 42.9 Å². The molecule has 0 unspecified atom stereocenters. The summed E-state index contributed by atoms with van der Waals surface area (Å²) < 4.78 is 52.2. The quantitative estimate of drug-likeness (QED) is 0.353. The molecule has 43 heavy (non-hydrogen) atoms. The second-order valence-corrected chi connectivity index (χ2v) is 13.8. The number of piperazine rings is 1. The number of rotatable bonds is 6. The van der Waals surface area contributed by atoms with Crippen molar-refractivity contribution >= 4 is 15.8 Å². The van der Waals surface area contributed by atoms with Crippen LogP contribution < -0.4 is 4.90 Å². The molecule has 0 N–H and O–H groups in total. The highest BCUT2D eigenvalue weighted by Crippen LogP contribution is 2.69. The molecule has 2 fully saturated rings. The van der Waals surface area contributed by atoms with Gasteiger partial charge in [-0.3, -0.25) is 4.90 Å². The van der Waals surface area contributed by atoms with Crippen molar-refractivity contribution in [3.8, 4) is 11.3 Å². The molecule has 8 nitrogen and oxygen atoms in total. The molecule has 3 aromatic rings. The molecule has 11 heteroatoms. The number of anilines is 1. The van der Waals surface area contributed by atoms with E-state index in [1.165, 1.54) is 24.5 Å². The van der Waals surface area contributed by atoms with E-state index < -0.39 is 26.9 Å². The summed E-state index contributed by atoms with van der Waals surface area (Å²) in [6.07, 6.45) is 4.83. The van der Waals surface area contributed by atoms with Crippen molar-refractivity contribution in [2.45, 2.75) is 65.7 Å². The summed E-state index contributed by atoms with van der Waals surface area (Å²) in [7, 11) is -3.00. The number of aromatic nitrogens is 4. The average Bonchev–Trinajstić information content (AvgIpc) is 3.39. The van der Waals surface area contributed by atoms with Gasteiger partial charge in [0.2, 0.25) is 5.95 Å². The van der Waals surface area contributed by atoms with E-state index in [1.807, 2.05) is 39.8 Å². The summed E-state index contributed by atoms with van der Waals surface area (Å²) >= 11 is 0. The van der Waals surface area contributed by atoms with Crippen LogP contribution in [0, 0.1) is 17.0 Å². The molecular formula is C32H44F2N6O2S. The lowest BCUT2D eigenvalue weighted by atomic mass is 9.66. The van der Waals surface area contributed by atoms with Crippen molar-refractivity contribution in [2.75, 3.05) is 49.6 Å². The fraction of sp³-hybridized carbons (Fsp3) is 0.562. The maximum absolute atomic E-state index is 14.5. The zero-order valence-electron chi connectivity index (χ0n) is 26.4. The largest absolute Gasteiger partial charge is 0.338 e. The van der Waals surface area contributed by atoms with E-state index in [-0.39, 0.29) is 28.3 Å². The molecule has 2 aliphatic carbocycles. The standard InChI is InChI=1S/C28H32F2N6O2S.2C2H6/c1-27(2)19-7-9-28(27,25-18(19)17-22(33-34-25)24-20(29)5-4-6-21(24)30)23-8-10-31-26(32-23)36-13-11-35(12-14-36)15-16-39(3,37)38;2*1-2/h4-6,8,10,17,19H,7,9,11-16H2,1-3H3;2*1-2H3/t19-,28-;;/m0../s1. The van der Waals surface area contributed by atoms with Gasteiger partial charge in [0.05, 0.1) is 33.8 Å². The second-order valence-electron chi connectivity index (χ2n) is 11.5. The Bertz CT molecular complexity index is 1520. The number of hydrogen-bond donors (Lipinski definition) is 0. The Morgan fingerprint density at radius 2 is 1.63 bits per heavy atom. The van der Waals surface area contributed by atoms with Gasteiger partial charge in [0.25, 0.3) is 0 Å². The van der Waals surface area contributed by atoms with Crippen LogP contribution in [0.2, 0.25) is 0 Å². The highest BCUT2D eigenvalue weighted by Gasteiger charge is 2.65. The lowest BCUT2D eigenvalue weighted by molar-refractivity contribution is 0.242. The molecule has 2 bridgehead atoms. The van der Waals surface area contributed by atoms with Gasteiger partial charge in [-0.15, -0.1) is 5.10 Å². The second kappa shape index (κ2) is 12.9. The van der Waals surface area contributed by atoms with Gasteiger partial charge in [0, 0.05) is 45.2 Å². The van der Waals surface area contributed by atoms with Crippen LogP contribution in [0.15, 0.2) is 36.5 Å². The first kappa shape index (κ1) is 32.9. The van der Waals surface area contributed by atoms with Gasteiger partial charge >= 0.3 is 0 Å². The van der Waals surface area contributed by atoms with Gasteiger partial charge in [-0.1, -0.05) is 47.6 Å². The summed E-state index contributed by atoms with van der Waals surface area (Å²) in [5.74, 6) is -0.344. The lowest BCUT2D eigenvalue weighted by Crippen LogP contribution is -2.48. The van der Waals surface area contributed by atoms with Gasteiger partial charge in [-0.25, -0.2) is 27.2 Å². The van der Waals surface area contributed by atoms with Crippen LogP contribution in [0.1, 0.15) is 77.3 Å². The van der Waals surface area contributed by atoms with Crippen LogP contribution in [0.3, 0.4) is 0 Å². The van der Waals surface area contributed by atoms with Crippen LogP contribution in [-0.2, 0) is 15.3 Å². The lowest BCUT2D eigenvalue weighted by Gasteiger charge is -2.38. The van der Waals surface area contributed by atoms with Crippen molar-refractivity contribution in [1.82, 2.24) is 25.1 Å². The molecule has 2 aromatic heterocycles. The van der Waals surface area contributed by atoms with Crippen LogP contribution in [0.25, 0.3) is 11.3 Å². The summed E-state index contributed by atoms with van der Waals surface area (Å²) in [6, 6.07) is 7.58. The summed E-state index contributed by atoms with van der Waals surface area (Å²) in [6.45, 7) is 15.9. The van der Waals surface area contributed by atoms with Crippen molar-refractivity contribution in [1.29, 1.82) is 0 Å². The predicted octanol–water partition coefficient (Wildman–Crippen LogP) is 5.63. The van der Waals surface area contributed by atoms with Gasteiger partial charge in [-0.2, -0.15) is 5.10 Å².